The third kappa shape index (κ3) is 3.12. The van der Waals surface area contributed by atoms with E-state index >= 15 is 0 Å². The maximum Gasteiger partial charge on any atom is 0.343 e. The molecule has 1 amide bonds. The molecule has 0 spiro atoms. The average molecular weight is 326 g/mol. The van der Waals surface area contributed by atoms with E-state index in [0.29, 0.717) is 36.0 Å². The van der Waals surface area contributed by atoms with E-state index in [4.69, 9.17) is 0 Å². The summed E-state index contributed by atoms with van der Waals surface area (Å²) in [6.07, 6.45) is 0.454. The van der Waals surface area contributed by atoms with Crippen LogP contribution in [0.3, 0.4) is 0 Å². The van der Waals surface area contributed by atoms with E-state index in [2.05, 4.69) is 25.5 Å². The lowest BCUT2D eigenvalue weighted by Gasteiger charge is -2.03. The Bertz CT molecular complexity index is 906. The number of aromatic amines is 2. The van der Waals surface area contributed by atoms with Crippen molar-refractivity contribution in [2.24, 2.45) is 7.05 Å². The summed E-state index contributed by atoms with van der Waals surface area (Å²) in [5.41, 5.74) is 1.72. The highest BCUT2D eigenvalue weighted by atomic mass is 16.2. The molecule has 0 aliphatic carbocycles. The molecule has 24 heavy (non-hydrogen) atoms. The minimum Gasteiger partial charge on any atom is -0.350 e. The molecule has 0 bridgehead atoms. The van der Waals surface area contributed by atoms with Gasteiger partial charge in [0.25, 0.3) is 5.91 Å². The molecule has 3 rings (SSSR count). The van der Waals surface area contributed by atoms with Crippen LogP contribution < -0.4 is 11.0 Å². The van der Waals surface area contributed by atoms with Gasteiger partial charge in [0.15, 0.2) is 0 Å². The Morgan fingerprint density at radius 2 is 2.04 bits per heavy atom. The monoisotopic (exact) mass is 326 g/mol. The Hall–Kier alpha value is -3.16. The van der Waals surface area contributed by atoms with Gasteiger partial charge in [0.2, 0.25) is 0 Å². The number of hydrogen-bond acceptors (Lipinski definition) is 4. The fourth-order valence-electron chi connectivity index (χ4n) is 2.39. The van der Waals surface area contributed by atoms with E-state index in [-0.39, 0.29) is 11.6 Å². The second-order valence-electron chi connectivity index (χ2n) is 5.43. The molecule has 2 aromatic heterocycles. The number of imidazole rings is 1. The Morgan fingerprint density at radius 3 is 2.71 bits per heavy atom. The van der Waals surface area contributed by atoms with E-state index in [1.165, 1.54) is 4.57 Å². The maximum atomic E-state index is 12.3. The molecule has 3 aromatic rings. The first kappa shape index (κ1) is 15.7. The molecule has 0 radical (unpaired) electrons. The average Bonchev–Trinajstić information content (AvgIpc) is 3.13. The number of rotatable bonds is 5. The summed E-state index contributed by atoms with van der Waals surface area (Å²) in [6.45, 7) is 2.18. The largest absolute Gasteiger partial charge is 0.350 e. The van der Waals surface area contributed by atoms with Crippen LogP contribution in [0.25, 0.3) is 11.4 Å². The molecule has 0 aliphatic heterocycles. The number of amides is 1. The van der Waals surface area contributed by atoms with E-state index < -0.39 is 0 Å². The Morgan fingerprint density at radius 1 is 1.29 bits per heavy atom. The Labute approximate surface area is 137 Å². The van der Waals surface area contributed by atoms with Gasteiger partial charge < -0.3 is 10.3 Å². The molecule has 124 valence electrons. The molecule has 8 heteroatoms. The van der Waals surface area contributed by atoms with Crippen molar-refractivity contribution >= 4 is 5.91 Å². The van der Waals surface area contributed by atoms with Crippen LogP contribution in [0.1, 0.15) is 22.0 Å². The minimum atomic E-state index is -0.271. The number of aromatic nitrogens is 5. The van der Waals surface area contributed by atoms with Gasteiger partial charge in [-0.05, 0) is 6.92 Å². The van der Waals surface area contributed by atoms with Crippen molar-refractivity contribution in [2.75, 3.05) is 6.54 Å². The molecule has 0 fully saturated rings. The van der Waals surface area contributed by atoms with Crippen LogP contribution in [-0.4, -0.2) is 37.2 Å². The summed E-state index contributed by atoms with van der Waals surface area (Å²) < 4.78 is 1.42. The van der Waals surface area contributed by atoms with Gasteiger partial charge in [0, 0.05) is 31.3 Å². The highest BCUT2D eigenvalue weighted by Gasteiger charge is 2.15. The summed E-state index contributed by atoms with van der Waals surface area (Å²) in [4.78, 5) is 31.1. The summed E-state index contributed by atoms with van der Waals surface area (Å²) in [6, 6.07) is 9.62. The standard InChI is InChI=1S/C16H18N6O2/c1-10-13(19-14(18-10)11-6-4-3-5-7-11)15(23)17-9-8-12-20-21-16(24)22(12)2/h3-7H,8-9H2,1-2H3,(H,17,23)(H,18,19)(H,21,24). The molecule has 0 saturated heterocycles. The smallest absolute Gasteiger partial charge is 0.343 e. The van der Waals surface area contributed by atoms with Crippen LogP contribution in [-0.2, 0) is 13.5 Å². The van der Waals surface area contributed by atoms with Gasteiger partial charge in [-0.3, -0.25) is 9.36 Å². The molecule has 0 unspecified atom stereocenters. The van der Waals surface area contributed by atoms with Crippen molar-refractivity contribution in [3.63, 3.8) is 0 Å². The Balaban J connectivity index is 1.66. The predicted octanol–water partition coefficient (Wildman–Crippen LogP) is 0.779. The van der Waals surface area contributed by atoms with Crippen molar-refractivity contribution in [3.8, 4) is 11.4 Å². The number of H-pyrrole nitrogens is 2. The molecule has 0 saturated carbocycles. The van der Waals surface area contributed by atoms with Gasteiger partial charge in [-0.2, -0.15) is 5.10 Å². The maximum absolute atomic E-state index is 12.3. The minimum absolute atomic E-state index is 0.258. The van der Waals surface area contributed by atoms with Gasteiger partial charge in [-0.1, -0.05) is 30.3 Å². The van der Waals surface area contributed by atoms with Crippen molar-refractivity contribution in [1.29, 1.82) is 0 Å². The lowest BCUT2D eigenvalue weighted by molar-refractivity contribution is 0.0949. The zero-order valence-electron chi connectivity index (χ0n) is 13.5. The van der Waals surface area contributed by atoms with Crippen LogP contribution in [0.5, 0.6) is 0 Å². The van der Waals surface area contributed by atoms with Gasteiger partial charge in [0.05, 0.1) is 0 Å². The highest BCUT2D eigenvalue weighted by Crippen LogP contribution is 2.17. The third-order valence-corrected chi connectivity index (χ3v) is 3.75. The summed E-state index contributed by atoms with van der Waals surface area (Å²) in [7, 11) is 1.63. The quantitative estimate of drug-likeness (QED) is 0.644. The predicted molar refractivity (Wildman–Crippen MR) is 88.6 cm³/mol. The first-order chi connectivity index (χ1) is 11.6. The van der Waals surface area contributed by atoms with Crippen LogP contribution in [0.15, 0.2) is 35.1 Å². The van der Waals surface area contributed by atoms with Crippen LogP contribution in [0, 0.1) is 6.92 Å². The lowest BCUT2D eigenvalue weighted by Crippen LogP contribution is -2.27. The topological polar surface area (TPSA) is 108 Å². The van der Waals surface area contributed by atoms with Crippen molar-refractivity contribution in [1.82, 2.24) is 30.0 Å². The summed E-state index contributed by atoms with van der Waals surface area (Å²) in [5.74, 6) is 0.989. The van der Waals surface area contributed by atoms with Gasteiger partial charge in [-0.25, -0.2) is 14.9 Å². The van der Waals surface area contributed by atoms with Gasteiger partial charge in [0.1, 0.15) is 17.3 Å². The zero-order chi connectivity index (χ0) is 17.1. The molecule has 3 N–H and O–H groups in total. The molecule has 8 nitrogen and oxygen atoms in total. The molecule has 1 aromatic carbocycles. The number of carbonyl (C=O) groups excluding carboxylic acids is 1. The van der Waals surface area contributed by atoms with Gasteiger partial charge in [-0.15, -0.1) is 0 Å². The molecule has 0 atom stereocenters. The van der Waals surface area contributed by atoms with E-state index in [0.717, 1.165) is 5.56 Å². The lowest BCUT2D eigenvalue weighted by atomic mass is 10.2. The van der Waals surface area contributed by atoms with Crippen LogP contribution >= 0.6 is 0 Å². The molecular formula is C16H18N6O2. The number of nitrogens with one attached hydrogen (secondary N) is 3. The molecular weight excluding hydrogens is 308 g/mol. The van der Waals surface area contributed by atoms with E-state index in [9.17, 15) is 9.59 Å². The van der Waals surface area contributed by atoms with Gasteiger partial charge >= 0.3 is 5.69 Å². The van der Waals surface area contributed by atoms with Crippen molar-refractivity contribution in [3.05, 3.63) is 58.0 Å². The number of nitrogens with zero attached hydrogens (tertiary/aromatic N) is 3. The number of hydrogen-bond donors (Lipinski definition) is 3. The number of aryl methyl sites for hydroxylation is 1. The van der Waals surface area contributed by atoms with E-state index in [1.807, 2.05) is 37.3 Å². The highest BCUT2D eigenvalue weighted by molar-refractivity contribution is 5.94. The Kier molecular flexibility index (Phi) is 4.28. The summed E-state index contributed by atoms with van der Waals surface area (Å²) >= 11 is 0. The van der Waals surface area contributed by atoms with E-state index in [1.54, 1.807) is 7.05 Å². The first-order valence-corrected chi connectivity index (χ1v) is 7.56. The second-order valence-corrected chi connectivity index (χ2v) is 5.43. The van der Waals surface area contributed by atoms with Crippen molar-refractivity contribution in [2.45, 2.75) is 13.3 Å². The first-order valence-electron chi connectivity index (χ1n) is 7.56. The zero-order valence-corrected chi connectivity index (χ0v) is 13.5. The third-order valence-electron chi connectivity index (χ3n) is 3.75. The summed E-state index contributed by atoms with van der Waals surface area (Å²) in [5, 5.41) is 9.06. The van der Waals surface area contributed by atoms with Crippen molar-refractivity contribution < 1.29 is 4.79 Å². The second kappa shape index (κ2) is 6.53. The fourth-order valence-corrected chi connectivity index (χ4v) is 2.39. The number of carbonyl (C=O) groups is 1. The SMILES string of the molecule is Cc1[nH]c(-c2ccccc2)nc1C(=O)NCCc1n[nH]c(=O)n1C. The molecule has 0 aliphatic rings. The fraction of sp³-hybridized carbons (Fsp3) is 0.250. The van der Waals surface area contributed by atoms with Crippen LogP contribution in [0.4, 0.5) is 0 Å². The molecule has 2 heterocycles. The number of benzene rings is 1. The normalized spacial score (nSPS) is 10.8. The van der Waals surface area contributed by atoms with Crippen LogP contribution in [0.2, 0.25) is 0 Å².